The maximum atomic E-state index is 12.3. The molecule has 21 heavy (non-hydrogen) atoms. The van der Waals surface area contributed by atoms with Crippen LogP contribution in [0.3, 0.4) is 0 Å². The Balaban J connectivity index is 2.15. The standard InChI is InChI=1S/C15H19N5O/c1-10(2)14-17-9-12(20-16)13(19-14)15(21)18-8-11-6-4-3-5-7-11/h3-7,9-10,20H,8,16H2,1-2H3,(H,18,21). The van der Waals surface area contributed by atoms with E-state index in [0.29, 0.717) is 18.1 Å². The van der Waals surface area contributed by atoms with E-state index < -0.39 is 0 Å². The Morgan fingerprint density at radius 2 is 2.00 bits per heavy atom. The number of rotatable bonds is 5. The van der Waals surface area contributed by atoms with Gasteiger partial charge in [0.2, 0.25) is 0 Å². The van der Waals surface area contributed by atoms with Crippen molar-refractivity contribution < 1.29 is 4.79 Å². The molecule has 0 saturated heterocycles. The molecule has 0 aliphatic heterocycles. The lowest BCUT2D eigenvalue weighted by molar-refractivity contribution is 0.0946. The fourth-order valence-electron chi connectivity index (χ4n) is 1.81. The van der Waals surface area contributed by atoms with Gasteiger partial charge in [0.25, 0.3) is 5.91 Å². The van der Waals surface area contributed by atoms with Gasteiger partial charge < -0.3 is 10.7 Å². The third kappa shape index (κ3) is 3.76. The van der Waals surface area contributed by atoms with Gasteiger partial charge in [0, 0.05) is 12.5 Å². The molecule has 6 heteroatoms. The Morgan fingerprint density at radius 1 is 1.29 bits per heavy atom. The van der Waals surface area contributed by atoms with E-state index in [1.165, 1.54) is 6.20 Å². The van der Waals surface area contributed by atoms with Crippen LogP contribution in [-0.4, -0.2) is 15.9 Å². The number of anilines is 1. The first-order valence-corrected chi connectivity index (χ1v) is 6.77. The van der Waals surface area contributed by atoms with E-state index in [1.54, 1.807) is 0 Å². The maximum Gasteiger partial charge on any atom is 0.272 e. The van der Waals surface area contributed by atoms with E-state index >= 15 is 0 Å². The van der Waals surface area contributed by atoms with Crippen LogP contribution in [0.15, 0.2) is 36.5 Å². The molecule has 0 saturated carbocycles. The Hall–Kier alpha value is -2.47. The van der Waals surface area contributed by atoms with Gasteiger partial charge in [-0.25, -0.2) is 9.97 Å². The number of hydrogen-bond donors (Lipinski definition) is 3. The summed E-state index contributed by atoms with van der Waals surface area (Å²) in [4.78, 5) is 20.7. The van der Waals surface area contributed by atoms with Crippen LogP contribution in [0.25, 0.3) is 0 Å². The van der Waals surface area contributed by atoms with Gasteiger partial charge in [0.15, 0.2) is 5.69 Å². The number of amides is 1. The lowest BCUT2D eigenvalue weighted by atomic mass is 10.2. The number of carbonyl (C=O) groups is 1. The number of aromatic nitrogens is 2. The first-order valence-electron chi connectivity index (χ1n) is 6.77. The van der Waals surface area contributed by atoms with Crippen molar-refractivity contribution in [3.05, 3.63) is 53.6 Å². The zero-order valence-electron chi connectivity index (χ0n) is 12.1. The maximum absolute atomic E-state index is 12.3. The van der Waals surface area contributed by atoms with E-state index in [4.69, 9.17) is 5.84 Å². The molecule has 4 N–H and O–H groups in total. The number of carbonyl (C=O) groups excluding carboxylic acids is 1. The fraction of sp³-hybridized carbons (Fsp3) is 0.267. The van der Waals surface area contributed by atoms with Crippen molar-refractivity contribution in [1.82, 2.24) is 15.3 Å². The van der Waals surface area contributed by atoms with E-state index in [1.807, 2.05) is 44.2 Å². The molecule has 1 aromatic heterocycles. The summed E-state index contributed by atoms with van der Waals surface area (Å²) in [7, 11) is 0. The van der Waals surface area contributed by atoms with Crippen molar-refractivity contribution in [3.63, 3.8) is 0 Å². The van der Waals surface area contributed by atoms with Crippen LogP contribution in [0.1, 0.15) is 41.6 Å². The van der Waals surface area contributed by atoms with Crippen LogP contribution in [0.2, 0.25) is 0 Å². The lowest BCUT2D eigenvalue weighted by Crippen LogP contribution is -2.26. The van der Waals surface area contributed by atoms with Crippen LogP contribution in [-0.2, 0) is 6.54 Å². The second kappa shape index (κ2) is 6.81. The predicted octanol–water partition coefficient (Wildman–Crippen LogP) is 1.82. The Morgan fingerprint density at radius 3 is 2.62 bits per heavy atom. The minimum atomic E-state index is -0.281. The number of nitrogens with two attached hydrogens (primary N) is 1. The van der Waals surface area contributed by atoms with Gasteiger partial charge >= 0.3 is 0 Å². The van der Waals surface area contributed by atoms with Gasteiger partial charge in [-0.1, -0.05) is 44.2 Å². The molecular formula is C15H19N5O. The van der Waals surface area contributed by atoms with Crippen LogP contribution < -0.4 is 16.6 Å². The van der Waals surface area contributed by atoms with Gasteiger partial charge in [-0.2, -0.15) is 0 Å². The minimum absolute atomic E-state index is 0.137. The van der Waals surface area contributed by atoms with E-state index in [-0.39, 0.29) is 17.5 Å². The topological polar surface area (TPSA) is 92.9 Å². The van der Waals surface area contributed by atoms with Gasteiger partial charge in [-0.15, -0.1) is 0 Å². The average Bonchev–Trinajstić information content (AvgIpc) is 2.52. The Labute approximate surface area is 123 Å². The van der Waals surface area contributed by atoms with Gasteiger partial charge in [0.05, 0.1) is 11.9 Å². The molecule has 0 atom stereocenters. The molecule has 1 aromatic carbocycles. The average molecular weight is 285 g/mol. The summed E-state index contributed by atoms with van der Waals surface area (Å²) < 4.78 is 0. The smallest absolute Gasteiger partial charge is 0.272 e. The summed E-state index contributed by atoms with van der Waals surface area (Å²) >= 11 is 0. The molecule has 1 heterocycles. The van der Waals surface area contributed by atoms with E-state index in [2.05, 4.69) is 20.7 Å². The molecule has 0 bridgehead atoms. The van der Waals surface area contributed by atoms with E-state index in [0.717, 1.165) is 5.56 Å². The van der Waals surface area contributed by atoms with Crippen LogP contribution >= 0.6 is 0 Å². The molecule has 2 aromatic rings. The summed E-state index contributed by atoms with van der Waals surface area (Å²) in [5, 5.41) is 2.83. The third-order valence-corrected chi connectivity index (χ3v) is 2.99. The number of benzene rings is 1. The highest BCUT2D eigenvalue weighted by Crippen LogP contribution is 2.15. The summed E-state index contributed by atoms with van der Waals surface area (Å²) in [5.74, 6) is 5.88. The van der Waals surface area contributed by atoms with E-state index in [9.17, 15) is 4.79 Å². The van der Waals surface area contributed by atoms with Crippen molar-refractivity contribution >= 4 is 11.6 Å². The highest BCUT2D eigenvalue weighted by atomic mass is 16.1. The minimum Gasteiger partial charge on any atom is -0.347 e. The zero-order chi connectivity index (χ0) is 15.2. The summed E-state index contributed by atoms with van der Waals surface area (Å²) in [6, 6.07) is 9.68. The summed E-state index contributed by atoms with van der Waals surface area (Å²) in [6.45, 7) is 4.37. The normalized spacial score (nSPS) is 10.5. The molecule has 0 fully saturated rings. The molecule has 2 rings (SSSR count). The summed E-state index contributed by atoms with van der Waals surface area (Å²) in [5.41, 5.74) is 4.14. The highest BCUT2D eigenvalue weighted by molar-refractivity contribution is 5.97. The molecule has 0 aliphatic carbocycles. The molecule has 1 amide bonds. The van der Waals surface area contributed by atoms with Gasteiger partial charge in [0.1, 0.15) is 5.82 Å². The van der Waals surface area contributed by atoms with Crippen LogP contribution in [0.4, 0.5) is 5.69 Å². The van der Waals surface area contributed by atoms with Crippen LogP contribution in [0.5, 0.6) is 0 Å². The lowest BCUT2D eigenvalue weighted by Gasteiger charge is -2.11. The summed E-state index contributed by atoms with van der Waals surface area (Å²) in [6.07, 6.45) is 1.53. The van der Waals surface area contributed by atoms with Crippen molar-refractivity contribution in [2.45, 2.75) is 26.3 Å². The van der Waals surface area contributed by atoms with Crippen LogP contribution in [0, 0.1) is 0 Å². The number of hydrogen-bond acceptors (Lipinski definition) is 5. The first-order chi connectivity index (χ1) is 10.1. The quantitative estimate of drug-likeness (QED) is 0.575. The van der Waals surface area contributed by atoms with Crippen molar-refractivity contribution in [1.29, 1.82) is 0 Å². The number of nitrogen functional groups attached to an aromatic ring is 1. The number of nitrogens with zero attached hydrogens (tertiary/aromatic N) is 2. The monoisotopic (exact) mass is 285 g/mol. The Kier molecular flexibility index (Phi) is 4.84. The number of nitrogens with one attached hydrogen (secondary N) is 2. The number of hydrazine groups is 1. The molecular weight excluding hydrogens is 266 g/mol. The van der Waals surface area contributed by atoms with Crippen molar-refractivity contribution in [3.8, 4) is 0 Å². The first kappa shape index (κ1) is 14.9. The molecule has 0 unspecified atom stereocenters. The predicted molar refractivity (Wildman–Crippen MR) is 81.5 cm³/mol. The van der Waals surface area contributed by atoms with Crippen molar-refractivity contribution in [2.24, 2.45) is 5.84 Å². The van der Waals surface area contributed by atoms with Gasteiger partial charge in [-0.3, -0.25) is 10.6 Å². The van der Waals surface area contributed by atoms with Gasteiger partial charge in [-0.05, 0) is 5.56 Å². The largest absolute Gasteiger partial charge is 0.347 e. The fourth-order valence-corrected chi connectivity index (χ4v) is 1.81. The zero-order valence-corrected chi connectivity index (χ0v) is 12.1. The molecule has 6 nitrogen and oxygen atoms in total. The SMILES string of the molecule is CC(C)c1ncc(NN)c(C(=O)NCc2ccccc2)n1. The highest BCUT2D eigenvalue weighted by Gasteiger charge is 2.15. The second-order valence-electron chi connectivity index (χ2n) is 4.96. The molecule has 0 radical (unpaired) electrons. The third-order valence-electron chi connectivity index (χ3n) is 2.99. The molecule has 0 spiro atoms. The second-order valence-corrected chi connectivity index (χ2v) is 4.96. The molecule has 110 valence electrons. The van der Waals surface area contributed by atoms with Crippen molar-refractivity contribution in [2.75, 3.05) is 5.43 Å². The Bertz CT molecular complexity index is 613. The molecule has 0 aliphatic rings.